The van der Waals surface area contributed by atoms with E-state index in [1.807, 2.05) is 24.3 Å². The first-order chi connectivity index (χ1) is 15.5. The summed E-state index contributed by atoms with van der Waals surface area (Å²) < 4.78 is 0. The molecule has 0 radical (unpaired) electrons. The van der Waals surface area contributed by atoms with Crippen LogP contribution in [0, 0.1) is 0 Å². The van der Waals surface area contributed by atoms with Crippen LogP contribution in [0.1, 0.15) is 47.3 Å². The molecule has 0 aliphatic carbocycles. The highest BCUT2D eigenvalue weighted by Crippen LogP contribution is 2.21. The molecule has 2 aromatic carbocycles. The molecule has 0 saturated heterocycles. The summed E-state index contributed by atoms with van der Waals surface area (Å²) in [6, 6.07) is 16.9. The third-order valence-corrected chi connectivity index (χ3v) is 6.02. The molecule has 32 heavy (non-hydrogen) atoms. The van der Waals surface area contributed by atoms with Gasteiger partial charge in [0.15, 0.2) is 5.96 Å². The van der Waals surface area contributed by atoms with Crippen molar-refractivity contribution in [3.05, 3.63) is 70.8 Å². The van der Waals surface area contributed by atoms with Gasteiger partial charge in [0.2, 0.25) is 0 Å². The summed E-state index contributed by atoms with van der Waals surface area (Å²) >= 11 is 0. The zero-order valence-corrected chi connectivity index (χ0v) is 19.9. The zero-order chi connectivity index (χ0) is 22.9. The minimum Gasteiger partial charge on any atom is -0.357 e. The Labute approximate surface area is 192 Å². The summed E-state index contributed by atoms with van der Waals surface area (Å²) in [4.78, 5) is 21.0. The van der Waals surface area contributed by atoms with E-state index < -0.39 is 0 Å². The normalized spacial score (nSPS) is 15.1. The maximum absolute atomic E-state index is 12.1. The standard InChI is InChI=1S/C26H37N5O/c1-5-24(31-16-15-21-9-7-8-10-23(21)19-31)18-29-26(27-6-2)28-17-20-11-13-22(14-12-20)25(32)30(3)4/h7-14,24H,5-6,15-19H2,1-4H3,(H2,27,28,29). The van der Waals surface area contributed by atoms with E-state index in [0.717, 1.165) is 50.5 Å². The second-order valence-corrected chi connectivity index (χ2v) is 8.52. The van der Waals surface area contributed by atoms with Gasteiger partial charge in [0.05, 0.1) is 6.54 Å². The lowest BCUT2D eigenvalue weighted by Crippen LogP contribution is -2.48. The molecule has 1 amide bonds. The predicted molar refractivity (Wildman–Crippen MR) is 132 cm³/mol. The molecule has 0 bridgehead atoms. The van der Waals surface area contributed by atoms with Crippen molar-refractivity contribution in [1.82, 2.24) is 20.4 Å². The molecular formula is C26H37N5O. The van der Waals surface area contributed by atoms with E-state index in [-0.39, 0.29) is 5.91 Å². The number of benzene rings is 2. The van der Waals surface area contributed by atoms with Crippen molar-refractivity contribution in [3.63, 3.8) is 0 Å². The van der Waals surface area contributed by atoms with E-state index in [9.17, 15) is 4.79 Å². The Kier molecular flexibility index (Phi) is 8.68. The molecule has 6 nitrogen and oxygen atoms in total. The highest BCUT2D eigenvalue weighted by molar-refractivity contribution is 5.93. The maximum Gasteiger partial charge on any atom is 0.253 e. The number of carbonyl (C=O) groups is 1. The van der Waals surface area contributed by atoms with Gasteiger partial charge < -0.3 is 15.5 Å². The van der Waals surface area contributed by atoms with Gasteiger partial charge in [-0.1, -0.05) is 43.3 Å². The molecule has 1 aliphatic rings. The van der Waals surface area contributed by atoms with Crippen LogP contribution in [0.3, 0.4) is 0 Å². The SMILES string of the molecule is CCNC(=NCc1ccc(C(=O)N(C)C)cc1)NCC(CC)N1CCc2ccccc2C1. The van der Waals surface area contributed by atoms with E-state index >= 15 is 0 Å². The Hall–Kier alpha value is -2.86. The Morgan fingerprint density at radius 1 is 1.06 bits per heavy atom. The number of hydrogen-bond acceptors (Lipinski definition) is 3. The molecule has 172 valence electrons. The number of nitrogens with zero attached hydrogens (tertiary/aromatic N) is 3. The lowest BCUT2D eigenvalue weighted by molar-refractivity contribution is 0.0827. The third kappa shape index (κ3) is 6.33. The number of nitrogens with one attached hydrogen (secondary N) is 2. The minimum absolute atomic E-state index is 0.0148. The minimum atomic E-state index is 0.0148. The zero-order valence-electron chi connectivity index (χ0n) is 19.9. The van der Waals surface area contributed by atoms with E-state index in [1.54, 1.807) is 19.0 Å². The number of aliphatic imine (C=N–C) groups is 1. The molecule has 3 rings (SSSR count). The number of amides is 1. The second-order valence-electron chi connectivity index (χ2n) is 8.52. The average Bonchev–Trinajstić information content (AvgIpc) is 2.82. The van der Waals surface area contributed by atoms with Gasteiger partial charge in [-0.3, -0.25) is 9.69 Å². The highest BCUT2D eigenvalue weighted by atomic mass is 16.2. The first-order valence-electron chi connectivity index (χ1n) is 11.6. The molecular weight excluding hydrogens is 398 g/mol. The van der Waals surface area contributed by atoms with Gasteiger partial charge in [0, 0.05) is 51.9 Å². The van der Waals surface area contributed by atoms with Crippen molar-refractivity contribution in [3.8, 4) is 0 Å². The van der Waals surface area contributed by atoms with Crippen LogP contribution in [-0.4, -0.2) is 61.4 Å². The van der Waals surface area contributed by atoms with Crippen LogP contribution in [0.4, 0.5) is 0 Å². The van der Waals surface area contributed by atoms with Crippen LogP contribution in [0.2, 0.25) is 0 Å². The van der Waals surface area contributed by atoms with E-state index in [0.29, 0.717) is 18.2 Å². The van der Waals surface area contributed by atoms with E-state index in [4.69, 9.17) is 4.99 Å². The number of carbonyl (C=O) groups excluding carboxylic acids is 1. The summed E-state index contributed by atoms with van der Waals surface area (Å²) in [6.07, 6.45) is 2.21. The fourth-order valence-electron chi connectivity index (χ4n) is 4.10. The summed E-state index contributed by atoms with van der Waals surface area (Å²) in [5.74, 6) is 0.845. The monoisotopic (exact) mass is 435 g/mol. The molecule has 2 aromatic rings. The number of hydrogen-bond donors (Lipinski definition) is 2. The fourth-order valence-corrected chi connectivity index (χ4v) is 4.10. The number of fused-ring (bicyclic) bond motifs is 1. The fraction of sp³-hybridized carbons (Fsp3) is 0.462. The number of rotatable bonds is 8. The lowest BCUT2D eigenvalue weighted by Gasteiger charge is -2.35. The molecule has 0 saturated carbocycles. The Morgan fingerprint density at radius 3 is 2.44 bits per heavy atom. The summed E-state index contributed by atoms with van der Waals surface area (Å²) in [7, 11) is 3.53. The van der Waals surface area contributed by atoms with Crippen LogP contribution < -0.4 is 10.6 Å². The highest BCUT2D eigenvalue weighted by Gasteiger charge is 2.22. The molecule has 2 N–H and O–H groups in total. The van der Waals surface area contributed by atoms with Crippen molar-refractivity contribution >= 4 is 11.9 Å². The summed E-state index contributed by atoms with van der Waals surface area (Å²) in [5, 5.41) is 6.90. The lowest BCUT2D eigenvalue weighted by atomic mass is 9.98. The van der Waals surface area contributed by atoms with Gasteiger partial charge in [-0.05, 0) is 48.6 Å². The Bertz CT molecular complexity index is 907. The molecule has 1 unspecified atom stereocenters. The van der Waals surface area contributed by atoms with Gasteiger partial charge in [-0.25, -0.2) is 4.99 Å². The van der Waals surface area contributed by atoms with Crippen LogP contribution >= 0.6 is 0 Å². The van der Waals surface area contributed by atoms with Crippen molar-refractivity contribution in [2.24, 2.45) is 4.99 Å². The molecule has 1 heterocycles. The predicted octanol–water partition coefficient (Wildman–Crippen LogP) is 3.28. The third-order valence-electron chi connectivity index (χ3n) is 6.02. The Balaban J connectivity index is 1.58. The molecule has 1 aliphatic heterocycles. The molecule has 1 atom stereocenters. The molecule has 0 spiro atoms. The first kappa shape index (κ1) is 23.8. The largest absolute Gasteiger partial charge is 0.357 e. The van der Waals surface area contributed by atoms with Gasteiger partial charge in [0.25, 0.3) is 5.91 Å². The first-order valence-corrected chi connectivity index (χ1v) is 11.6. The summed E-state index contributed by atoms with van der Waals surface area (Å²) in [5.41, 5.74) is 4.72. The van der Waals surface area contributed by atoms with Gasteiger partial charge in [0.1, 0.15) is 0 Å². The second kappa shape index (κ2) is 11.7. The van der Waals surface area contributed by atoms with Gasteiger partial charge in [-0.2, -0.15) is 0 Å². The van der Waals surface area contributed by atoms with E-state index in [2.05, 4.69) is 53.6 Å². The smallest absolute Gasteiger partial charge is 0.253 e. The summed E-state index contributed by atoms with van der Waals surface area (Å²) in [6.45, 7) is 8.70. The van der Waals surface area contributed by atoms with Crippen molar-refractivity contribution in [2.75, 3.05) is 33.7 Å². The number of guanidine groups is 1. The molecule has 0 aromatic heterocycles. The quantitative estimate of drug-likeness (QED) is 0.494. The van der Waals surface area contributed by atoms with Crippen LogP contribution in [0.5, 0.6) is 0 Å². The van der Waals surface area contributed by atoms with E-state index in [1.165, 1.54) is 11.1 Å². The maximum atomic E-state index is 12.1. The Morgan fingerprint density at radius 2 is 1.78 bits per heavy atom. The molecule has 0 fully saturated rings. The average molecular weight is 436 g/mol. The van der Waals surface area contributed by atoms with Gasteiger partial charge >= 0.3 is 0 Å². The van der Waals surface area contributed by atoms with Gasteiger partial charge in [-0.15, -0.1) is 0 Å². The van der Waals surface area contributed by atoms with Crippen molar-refractivity contribution < 1.29 is 4.79 Å². The van der Waals surface area contributed by atoms with Crippen LogP contribution in [0.25, 0.3) is 0 Å². The topological polar surface area (TPSA) is 60.0 Å². The molecule has 6 heteroatoms. The van der Waals surface area contributed by atoms with Crippen molar-refractivity contribution in [1.29, 1.82) is 0 Å². The van der Waals surface area contributed by atoms with Crippen LogP contribution in [-0.2, 0) is 19.5 Å². The van der Waals surface area contributed by atoms with Crippen LogP contribution in [0.15, 0.2) is 53.5 Å². The van der Waals surface area contributed by atoms with Crippen molar-refractivity contribution in [2.45, 2.75) is 45.8 Å².